The Bertz CT molecular complexity index is 703. The van der Waals surface area contributed by atoms with Crippen molar-refractivity contribution in [2.45, 2.75) is 20.3 Å². The summed E-state index contributed by atoms with van der Waals surface area (Å²) in [4.78, 5) is 12.3. The minimum absolute atomic E-state index is 0.0555. The van der Waals surface area contributed by atoms with Crippen LogP contribution in [-0.4, -0.2) is 58.2 Å². The lowest BCUT2D eigenvalue weighted by Crippen LogP contribution is -2.45. The van der Waals surface area contributed by atoms with Crippen LogP contribution in [0.5, 0.6) is 11.5 Å². The number of ether oxygens (including phenoxy) is 2. The number of hydrogen-bond donors (Lipinski definition) is 1. The van der Waals surface area contributed by atoms with Gasteiger partial charge in [0, 0.05) is 31.3 Å². The van der Waals surface area contributed by atoms with Crippen LogP contribution in [0.25, 0.3) is 0 Å². The Morgan fingerprint density at radius 1 is 1.12 bits per heavy atom. The van der Waals surface area contributed by atoms with Gasteiger partial charge in [-0.1, -0.05) is 13.8 Å². The predicted octanol–water partition coefficient (Wildman–Crippen LogP) is 1.74. The molecule has 1 aromatic rings. The molecular formula is C18H28N2O5S. The van der Waals surface area contributed by atoms with E-state index in [1.807, 2.05) is 0 Å². The smallest absolute Gasteiger partial charge is 0.251 e. The van der Waals surface area contributed by atoms with Crippen molar-refractivity contribution in [2.75, 3.05) is 39.6 Å². The van der Waals surface area contributed by atoms with E-state index in [1.54, 1.807) is 22.5 Å². The zero-order chi connectivity index (χ0) is 19.3. The van der Waals surface area contributed by atoms with Gasteiger partial charge in [-0.3, -0.25) is 4.79 Å². The Balaban J connectivity index is 1.95. The first-order valence-electron chi connectivity index (χ1n) is 8.74. The molecule has 0 aliphatic carbocycles. The Hall–Kier alpha value is -1.80. The molecule has 1 saturated heterocycles. The molecule has 0 unspecified atom stereocenters. The molecule has 1 heterocycles. The number of methoxy groups -OCH3 is 2. The lowest BCUT2D eigenvalue weighted by atomic mass is 9.94. The van der Waals surface area contributed by atoms with E-state index in [0.29, 0.717) is 42.0 Å². The van der Waals surface area contributed by atoms with Gasteiger partial charge in [-0.15, -0.1) is 0 Å². The van der Waals surface area contributed by atoms with Crippen molar-refractivity contribution in [2.24, 2.45) is 11.8 Å². The molecule has 1 amide bonds. The largest absolute Gasteiger partial charge is 0.497 e. The summed E-state index contributed by atoms with van der Waals surface area (Å²) in [5, 5.41) is 2.66. The second-order valence-electron chi connectivity index (χ2n) is 6.94. The second kappa shape index (κ2) is 8.73. The van der Waals surface area contributed by atoms with E-state index in [0.717, 1.165) is 6.42 Å². The van der Waals surface area contributed by atoms with Crippen LogP contribution in [0.15, 0.2) is 18.2 Å². The Labute approximate surface area is 155 Å². The minimum Gasteiger partial charge on any atom is -0.497 e. The van der Waals surface area contributed by atoms with Gasteiger partial charge in [0.2, 0.25) is 10.0 Å². The number of piperidine rings is 1. The first kappa shape index (κ1) is 20.5. The van der Waals surface area contributed by atoms with Crippen molar-refractivity contribution in [1.29, 1.82) is 0 Å². The molecule has 8 heteroatoms. The summed E-state index contributed by atoms with van der Waals surface area (Å²) < 4.78 is 36.9. The molecule has 0 bridgehead atoms. The summed E-state index contributed by atoms with van der Waals surface area (Å²) in [5.74, 6) is 1.23. The van der Waals surface area contributed by atoms with Crippen LogP contribution < -0.4 is 14.8 Å². The molecule has 2 atom stereocenters. The summed E-state index contributed by atoms with van der Waals surface area (Å²) in [6.45, 7) is 5.29. The summed E-state index contributed by atoms with van der Waals surface area (Å²) in [6.07, 6.45) is 1.04. The Morgan fingerprint density at radius 2 is 1.65 bits per heavy atom. The highest BCUT2D eigenvalue weighted by Crippen LogP contribution is 2.24. The van der Waals surface area contributed by atoms with Crippen molar-refractivity contribution < 1.29 is 22.7 Å². The van der Waals surface area contributed by atoms with Crippen molar-refractivity contribution >= 4 is 15.9 Å². The highest BCUT2D eigenvalue weighted by Gasteiger charge is 2.30. The summed E-state index contributed by atoms with van der Waals surface area (Å²) in [5.41, 5.74) is 0.360. The van der Waals surface area contributed by atoms with Gasteiger partial charge in [0.1, 0.15) is 11.5 Å². The van der Waals surface area contributed by atoms with E-state index in [1.165, 1.54) is 14.2 Å². The number of benzene rings is 1. The maximum atomic E-state index is 12.5. The molecule has 1 fully saturated rings. The average Bonchev–Trinajstić information content (AvgIpc) is 2.60. The van der Waals surface area contributed by atoms with Gasteiger partial charge in [0.05, 0.1) is 20.0 Å². The highest BCUT2D eigenvalue weighted by atomic mass is 32.2. The fraction of sp³-hybridized carbons (Fsp3) is 0.611. The molecule has 7 nitrogen and oxygen atoms in total. The van der Waals surface area contributed by atoms with E-state index in [2.05, 4.69) is 19.2 Å². The van der Waals surface area contributed by atoms with Crippen LogP contribution in [0.4, 0.5) is 0 Å². The van der Waals surface area contributed by atoms with Crippen molar-refractivity contribution in [3.05, 3.63) is 23.8 Å². The zero-order valence-corrected chi connectivity index (χ0v) is 16.6. The number of carbonyl (C=O) groups is 1. The molecule has 2 rings (SSSR count). The van der Waals surface area contributed by atoms with Crippen molar-refractivity contribution in [3.63, 3.8) is 0 Å². The van der Waals surface area contributed by atoms with Crippen LogP contribution >= 0.6 is 0 Å². The third-order valence-corrected chi connectivity index (χ3v) is 6.29. The summed E-state index contributed by atoms with van der Waals surface area (Å²) in [6, 6.07) is 4.83. The number of nitrogens with zero attached hydrogens (tertiary/aromatic N) is 1. The summed E-state index contributed by atoms with van der Waals surface area (Å²) in [7, 11) is -0.376. The topological polar surface area (TPSA) is 84.9 Å². The molecule has 0 radical (unpaired) electrons. The fourth-order valence-corrected chi connectivity index (χ4v) is 4.88. The summed E-state index contributed by atoms with van der Waals surface area (Å²) >= 11 is 0. The maximum absolute atomic E-state index is 12.5. The Kier molecular flexibility index (Phi) is 6.88. The monoisotopic (exact) mass is 384 g/mol. The van der Waals surface area contributed by atoms with Crippen LogP contribution in [0.1, 0.15) is 30.6 Å². The van der Waals surface area contributed by atoms with Gasteiger partial charge >= 0.3 is 0 Å². The molecule has 0 aromatic heterocycles. The molecule has 1 aliphatic heterocycles. The van der Waals surface area contributed by atoms with E-state index >= 15 is 0 Å². The normalized spacial score (nSPS) is 21.2. The molecule has 146 valence electrons. The third-order valence-electron chi connectivity index (χ3n) is 4.49. The molecule has 0 saturated carbocycles. The van der Waals surface area contributed by atoms with Gasteiger partial charge < -0.3 is 14.8 Å². The number of rotatable bonds is 7. The lowest BCUT2D eigenvalue weighted by molar-refractivity contribution is 0.0955. The van der Waals surface area contributed by atoms with Gasteiger partial charge in [-0.2, -0.15) is 0 Å². The van der Waals surface area contributed by atoms with Crippen molar-refractivity contribution in [3.8, 4) is 11.5 Å². The molecule has 26 heavy (non-hydrogen) atoms. The molecule has 1 aliphatic rings. The van der Waals surface area contributed by atoms with Crippen LogP contribution in [0.2, 0.25) is 0 Å². The van der Waals surface area contributed by atoms with E-state index in [9.17, 15) is 13.2 Å². The molecule has 0 spiro atoms. The molecular weight excluding hydrogens is 356 g/mol. The number of sulfonamides is 1. The van der Waals surface area contributed by atoms with Crippen molar-refractivity contribution in [1.82, 2.24) is 9.62 Å². The van der Waals surface area contributed by atoms with Gasteiger partial charge in [-0.25, -0.2) is 12.7 Å². The number of nitrogens with one attached hydrogen (secondary N) is 1. The first-order valence-corrected chi connectivity index (χ1v) is 10.3. The quantitative estimate of drug-likeness (QED) is 0.774. The average molecular weight is 384 g/mol. The number of amides is 1. The van der Waals surface area contributed by atoms with Gasteiger partial charge in [0.25, 0.3) is 5.91 Å². The SMILES string of the molecule is COc1cc(OC)cc(C(=O)NCCS(=O)(=O)N2C[C@H](C)C[C@@H](C)C2)c1. The van der Waals surface area contributed by atoms with E-state index in [4.69, 9.17) is 9.47 Å². The van der Waals surface area contributed by atoms with Crippen LogP contribution in [-0.2, 0) is 10.0 Å². The Morgan fingerprint density at radius 3 is 2.15 bits per heavy atom. The molecule has 1 N–H and O–H groups in total. The van der Waals surface area contributed by atoms with E-state index < -0.39 is 10.0 Å². The standard InChI is InChI=1S/C18H28N2O5S/c1-13-7-14(2)12-20(11-13)26(22,23)6-5-19-18(21)15-8-16(24-3)10-17(9-15)25-4/h8-10,13-14H,5-7,11-12H2,1-4H3,(H,19,21)/t13-,14-/m1/s1. The second-order valence-corrected chi connectivity index (χ2v) is 9.02. The number of carbonyl (C=O) groups excluding carboxylic acids is 1. The zero-order valence-electron chi connectivity index (χ0n) is 15.8. The predicted molar refractivity (Wildman–Crippen MR) is 100 cm³/mol. The third kappa shape index (κ3) is 5.35. The van der Waals surface area contributed by atoms with Crippen LogP contribution in [0, 0.1) is 11.8 Å². The van der Waals surface area contributed by atoms with Gasteiger partial charge in [0.15, 0.2) is 0 Å². The number of hydrogen-bond acceptors (Lipinski definition) is 5. The van der Waals surface area contributed by atoms with Crippen LogP contribution in [0.3, 0.4) is 0 Å². The van der Waals surface area contributed by atoms with Gasteiger partial charge in [-0.05, 0) is 30.4 Å². The minimum atomic E-state index is -3.38. The highest BCUT2D eigenvalue weighted by molar-refractivity contribution is 7.89. The lowest BCUT2D eigenvalue weighted by Gasteiger charge is -2.34. The fourth-order valence-electron chi connectivity index (χ4n) is 3.30. The first-order chi connectivity index (χ1) is 12.2. The molecule has 1 aromatic carbocycles. The van der Waals surface area contributed by atoms with E-state index in [-0.39, 0.29) is 18.2 Å². The maximum Gasteiger partial charge on any atom is 0.251 e.